The van der Waals surface area contributed by atoms with Crippen LogP contribution >= 0.6 is 11.6 Å². The fourth-order valence-corrected chi connectivity index (χ4v) is 17.1. The van der Waals surface area contributed by atoms with Gasteiger partial charge in [0, 0.05) is 168 Å². The summed E-state index contributed by atoms with van der Waals surface area (Å²) in [6.07, 6.45) is 32.8. The first kappa shape index (κ1) is 72.2. The molecule has 6 fully saturated rings. The maximum atomic E-state index is 14.8. The molecule has 90 heavy (non-hydrogen) atoms. The predicted octanol–water partition coefficient (Wildman–Crippen LogP) is 13.4. The van der Waals surface area contributed by atoms with Crippen LogP contribution in [0, 0.1) is 29.6 Å². The number of hydrogen-bond acceptors (Lipinski definition) is 12. The van der Waals surface area contributed by atoms with Crippen molar-refractivity contribution < 1.29 is 18.0 Å². The zero-order valence-corrected chi connectivity index (χ0v) is 58.4. The molecule has 3 saturated carbocycles. The van der Waals surface area contributed by atoms with Crippen molar-refractivity contribution in [1.29, 1.82) is 0 Å². The van der Waals surface area contributed by atoms with E-state index in [2.05, 4.69) is 151 Å². The Balaban J connectivity index is 1.09. The normalized spacial score (nSPS) is 30.8. The maximum Gasteiger partial charge on any atom is 0.417 e. The van der Waals surface area contributed by atoms with Crippen molar-refractivity contribution in [3.8, 4) is 0 Å². The van der Waals surface area contributed by atoms with E-state index in [1.165, 1.54) is 94.2 Å². The molecule has 0 aromatic heterocycles. The summed E-state index contributed by atoms with van der Waals surface area (Å²) in [5.74, 6) is 2.57. The number of halogens is 4. The number of nitrogens with zero attached hydrogens (tertiary/aromatic N) is 6. The number of nitrogens with one attached hydrogen (secondary N) is 6. The Labute approximate surface area is 548 Å². The molecule has 3 aliphatic carbocycles. The molecule has 6 N–H and O–H groups in total. The summed E-state index contributed by atoms with van der Waals surface area (Å²) in [6, 6.07) is 6.22. The molecule has 508 valence electrons. The van der Waals surface area contributed by atoms with Crippen molar-refractivity contribution in [2.45, 2.75) is 270 Å². The van der Waals surface area contributed by atoms with Gasteiger partial charge in [-0.25, -0.2) is 0 Å². The number of rotatable bonds is 11. The number of likely N-dealkylation sites (tertiary alicyclic amines) is 1. The molecule has 4 heterocycles. The van der Waals surface area contributed by atoms with Gasteiger partial charge in [-0.1, -0.05) is 110 Å². The van der Waals surface area contributed by atoms with E-state index in [1.807, 2.05) is 18.5 Å². The highest BCUT2D eigenvalue weighted by Crippen LogP contribution is 2.44. The van der Waals surface area contributed by atoms with Crippen LogP contribution in [-0.2, 0) is 17.4 Å². The van der Waals surface area contributed by atoms with E-state index in [9.17, 15) is 18.0 Å². The Kier molecular flexibility index (Phi) is 27.8. The standard InChI is InChI=1S/C73H122ClF3N12O/c1-12-52(4)67-46-82-66(43-51(2)3)54(6)81-47-68-69(71(90)87-39-20-21-40-87)57(9)89(68)70(60-25-16-17-26-60)55(7)84-72(33-18-19-34-72)50-79-37-36-78-35-32-61(30-28-59-29-31-64(65(74)45-59)73(75,76)77)80-38-42-85(10)48-63(44-58-23-14-13-15-24-58)86(11)49-62-27-22-41-88(62)56(8)53(5)83-67/h29,31-32,35,38,42,45,48-49,51-58,60,66-70,79-84H,12-28,30,33-34,36-37,39-41,43-44,46-47,50H2,1-11H3/t52-,53?,54?,55?,56-,57?,66-,67+,68?,69+,70+/m0/s1. The average Bonchev–Trinajstić information content (AvgIpc) is 0.965. The molecule has 1 aromatic rings. The molecule has 4 aliphatic heterocycles. The number of aryl methyl sites for hydroxylation is 1. The van der Waals surface area contributed by atoms with E-state index in [4.69, 9.17) is 16.6 Å². The number of benzene rings is 1. The van der Waals surface area contributed by atoms with Crippen molar-refractivity contribution in [2.24, 2.45) is 34.6 Å². The molecule has 0 bridgehead atoms. The number of fused-ring (bicyclic) bond motifs is 2. The lowest BCUT2D eigenvalue weighted by molar-refractivity contribution is -0.160. The fraction of sp³-hybridized carbons (Fsp3) is 0.781. The van der Waals surface area contributed by atoms with Gasteiger partial charge >= 0.3 is 6.18 Å². The highest BCUT2D eigenvalue weighted by atomic mass is 35.5. The molecule has 13 nitrogen and oxygen atoms in total. The van der Waals surface area contributed by atoms with Gasteiger partial charge in [-0.2, -0.15) is 13.2 Å². The Hall–Kier alpha value is -3.64. The van der Waals surface area contributed by atoms with Gasteiger partial charge in [0.2, 0.25) is 5.91 Å². The first-order valence-electron chi connectivity index (χ1n) is 36.0. The molecule has 0 radical (unpaired) electrons. The second kappa shape index (κ2) is 34.7. The highest BCUT2D eigenvalue weighted by Gasteiger charge is 2.56. The molecule has 1 spiro atoms. The number of alkyl halides is 3. The van der Waals surface area contributed by atoms with Crippen LogP contribution < -0.4 is 31.9 Å². The molecule has 11 atom stereocenters. The van der Waals surface area contributed by atoms with Crippen LogP contribution in [0.4, 0.5) is 13.2 Å². The van der Waals surface area contributed by atoms with Crippen molar-refractivity contribution in [3.63, 3.8) is 0 Å². The summed E-state index contributed by atoms with van der Waals surface area (Å²) >= 11 is 6.21. The van der Waals surface area contributed by atoms with Gasteiger partial charge < -0.3 is 51.5 Å². The van der Waals surface area contributed by atoms with Gasteiger partial charge in [-0.3, -0.25) is 14.7 Å². The van der Waals surface area contributed by atoms with Crippen molar-refractivity contribution in [2.75, 3.05) is 66.5 Å². The fourth-order valence-electron chi connectivity index (χ4n) is 16.8. The predicted molar refractivity (Wildman–Crippen MR) is 368 cm³/mol. The van der Waals surface area contributed by atoms with Gasteiger partial charge in [0.15, 0.2) is 0 Å². The van der Waals surface area contributed by atoms with Gasteiger partial charge in [0.25, 0.3) is 0 Å². The molecule has 1 aromatic carbocycles. The van der Waals surface area contributed by atoms with Crippen LogP contribution in [0.1, 0.15) is 208 Å². The number of carbonyl (C=O) groups excluding carboxylic acids is 1. The minimum atomic E-state index is -4.51. The van der Waals surface area contributed by atoms with Crippen LogP contribution in [0.15, 0.2) is 71.2 Å². The van der Waals surface area contributed by atoms with Crippen molar-refractivity contribution in [3.05, 3.63) is 82.3 Å². The molecule has 17 heteroatoms. The zero-order valence-electron chi connectivity index (χ0n) is 57.6. The Bertz CT molecular complexity index is 2510. The van der Waals surface area contributed by atoms with Crippen LogP contribution in [0.2, 0.25) is 5.02 Å². The Morgan fingerprint density at radius 1 is 0.822 bits per heavy atom. The van der Waals surface area contributed by atoms with Crippen molar-refractivity contribution in [1.82, 2.24) is 56.4 Å². The number of carbonyl (C=O) groups is 1. The van der Waals surface area contributed by atoms with E-state index in [0.717, 1.165) is 121 Å². The largest absolute Gasteiger partial charge is 0.417 e. The summed E-state index contributed by atoms with van der Waals surface area (Å²) < 4.78 is 41.1. The summed E-state index contributed by atoms with van der Waals surface area (Å²) in [5, 5.41) is 24.1. The lowest BCUT2D eigenvalue weighted by Crippen LogP contribution is -2.76. The summed E-state index contributed by atoms with van der Waals surface area (Å²) in [7, 11) is 4.33. The topological polar surface area (TPSA) is 118 Å². The van der Waals surface area contributed by atoms with Gasteiger partial charge in [-0.15, -0.1) is 0 Å². The van der Waals surface area contributed by atoms with Crippen molar-refractivity contribution >= 4 is 23.7 Å². The van der Waals surface area contributed by atoms with E-state index >= 15 is 0 Å². The van der Waals surface area contributed by atoms with Crippen LogP contribution in [0.5, 0.6) is 0 Å². The van der Waals surface area contributed by atoms with E-state index in [-0.39, 0.29) is 58.8 Å². The molecule has 1 amide bonds. The van der Waals surface area contributed by atoms with E-state index in [1.54, 1.807) is 0 Å². The summed E-state index contributed by atoms with van der Waals surface area (Å²) in [5.41, 5.74) is 3.47. The molecule has 3 saturated heterocycles. The van der Waals surface area contributed by atoms with E-state index < -0.39 is 11.7 Å². The number of hydrogen-bond donors (Lipinski definition) is 6. The highest BCUT2D eigenvalue weighted by molar-refractivity contribution is 6.31. The smallest absolute Gasteiger partial charge is 0.369 e. The van der Waals surface area contributed by atoms with Crippen LogP contribution in [-0.4, -0.2) is 163 Å². The molecular weight excluding hydrogens is 1150 g/mol. The number of allylic oxidation sites excluding steroid dienone is 4. The van der Waals surface area contributed by atoms with Gasteiger partial charge in [0.1, 0.15) is 0 Å². The average molecular weight is 1280 g/mol. The number of aliphatic imine (C=N–C) groups is 1. The summed E-state index contributed by atoms with van der Waals surface area (Å²) in [6.45, 7) is 28.2. The minimum Gasteiger partial charge on any atom is -0.369 e. The second-order valence-corrected chi connectivity index (χ2v) is 29.9. The third kappa shape index (κ3) is 20.0. The third-order valence-electron chi connectivity index (χ3n) is 22.4. The SMILES string of the molecule is CC[C@H](C)[C@H]1CN[C@@H](CC(C)C)C(C)NCC2[C@H](C(=O)N3CCCC3)C(C)N2[C@@H](C2CCCC2)C(C)NC2(CCCC2)CNCCN=CC=C(CCc2ccc(C(F)(F)F)c(Cl)c2)NC=CN(C)C=C(CC2CCCCC2)N(C)C=C2CCCN2[C@@H](C)C(C)N1. The molecule has 8 rings (SSSR count). The first-order chi connectivity index (χ1) is 43.1. The van der Waals surface area contributed by atoms with Crippen LogP contribution in [0.25, 0.3) is 0 Å². The Morgan fingerprint density at radius 2 is 1.54 bits per heavy atom. The number of amides is 1. The quantitative estimate of drug-likeness (QED) is 0.127. The Morgan fingerprint density at radius 3 is 2.23 bits per heavy atom. The van der Waals surface area contributed by atoms with E-state index in [0.29, 0.717) is 61.0 Å². The monoisotopic (exact) mass is 1270 g/mol. The lowest BCUT2D eigenvalue weighted by Gasteiger charge is -2.60. The van der Waals surface area contributed by atoms with Gasteiger partial charge in [0.05, 0.1) is 23.0 Å². The summed E-state index contributed by atoms with van der Waals surface area (Å²) in [4.78, 5) is 31.9. The lowest BCUT2D eigenvalue weighted by atomic mass is 9.74. The second-order valence-electron chi connectivity index (χ2n) is 29.5. The third-order valence-corrected chi connectivity index (χ3v) is 22.7. The van der Waals surface area contributed by atoms with Gasteiger partial charge in [-0.05, 0) is 159 Å². The molecular formula is C73H122ClF3N12O. The first-order valence-corrected chi connectivity index (χ1v) is 36.4. The maximum absolute atomic E-state index is 14.8. The zero-order chi connectivity index (χ0) is 64.5. The van der Waals surface area contributed by atoms with Crippen LogP contribution in [0.3, 0.4) is 0 Å². The molecule has 5 unspecified atom stereocenters. The minimum absolute atomic E-state index is 0.0262. The molecule has 7 aliphatic rings.